The number of hydrogen-bond donors (Lipinski definition) is 0. The first-order valence-corrected chi connectivity index (χ1v) is 6.56. The van der Waals surface area contributed by atoms with E-state index in [0.717, 1.165) is 17.5 Å². The highest BCUT2D eigenvalue weighted by Gasteiger charge is 2.20. The summed E-state index contributed by atoms with van der Waals surface area (Å²) < 4.78 is 0. The molecule has 2 heteroatoms. The Balaban J connectivity index is 2.23. The van der Waals surface area contributed by atoms with Crippen molar-refractivity contribution in [3.63, 3.8) is 0 Å². The van der Waals surface area contributed by atoms with E-state index in [1.807, 2.05) is 41.3 Å². The summed E-state index contributed by atoms with van der Waals surface area (Å²) in [7, 11) is 0. The Bertz CT molecular complexity index is 464. The van der Waals surface area contributed by atoms with Crippen LogP contribution in [0, 0.1) is 0 Å². The molecule has 0 saturated heterocycles. The van der Waals surface area contributed by atoms with E-state index in [2.05, 4.69) is 38.1 Å². The van der Waals surface area contributed by atoms with Crippen LogP contribution >= 0.6 is 0 Å². The number of hydrogen-bond acceptors (Lipinski definition) is 1. The van der Waals surface area contributed by atoms with Crippen molar-refractivity contribution in [3.05, 3.63) is 71.8 Å². The van der Waals surface area contributed by atoms with Crippen molar-refractivity contribution in [3.8, 4) is 0 Å². The number of nitrogens with zero attached hydrogens (tertiary/aromatic N) is 1. The van der Waals surface area contributed by atoms with Crippen molar-refractivity contribution in [2.24, 2.45) is 0 Å². The van der Waals surface area contributed by atoms with Crippen LogP contribution in [0.25, 0.3) is 0 Å². The summed E-state index contributed by atoms with van der Waals surface area (Å²) in [4.78, 5) is 13.3. The SMILES string of the molecule is C[C@@H](c1ccccc1)N(C=O)[C@@H](C)c1ccccc1. The first-order valence-electron chi connectivity index (χ1n) is 6.56. The second-order valence-corrected chi connectivity index (χ2v) is 4.73. The quantitative estimate of drug-likeness (QED) is 0.738. The van der Waals surface area contributed by atoms with Crippen LogP contribution in [0.2, 0.25) is 0 Å². The van der Waals surface area contributed by atoms with E-state index in [1.54, 1.807) is 0 Å². The maximum atomic E-state index is 11.5. The van der Waals surface area contributed by atoms with Crippen molar-refractivity contribution in [2.45, 2.75) is 25.9 Å². The summed E-state index contributed by atoms with van der Waals surface area (Å²) in [6, 6.07) is 20.3. The molecule has 0 saturated carbocycles. The fourth-order valence-corrected chi connectivity index (χ4v) is 2.33. The topological polar surface area (TPSA) is 20.3 Å². The fraction of sp³-hybridized carbons (Fsp3) is 0.235. The Morgan fingerprint density at radius 2 is 1.16 bits per heavy atom. The third-order valence-electron chi connectivity index (χ3n) is 3.58. The largest absolute Gasteiger partial charge is 0.332 e. The Labute approximate surface area is 114 Å². The molecule has 0 aliphatic heterocycles. The van der Waals surface area contributed by atoms with Crippen molar-refractivity contribution in [1.29, 1.82) is 0 Å². The molecule has 0 aliphatic carbocycles. The average Bonchev–Trinajstić information content (AvgIpc) is 2.49. The number of rotatable bonds is 5. The first-order chi connectivity index (χ1) is 9.24. The summed E-state index contributed by atoms with van der Waals surface area (Å²) in [6.45, 7) is 4.12. The minimum Gasteiger partial charge on any atom is -0.332 e. The molecule has 0 fully saturated rings. The molecule has 0 spiro atoms. The zero-order chi connectivity index (χ0) is 13.7. The summed E-state index contributed by atoms with van der Waals surface area (Å²) >= 11 is 0. The molecule has 0 heterocycles. The van der Waals surface area contributed by atoms with E-state index in [9.17, 15) is 4.79 Å². The highest BCUT2D eigenvalue weighted by Crippen LogP contribution is 2.28. The van der Waals surface area contributed by atoms with Crippen LogP contribution in [0.5, 0.6) is 0 Å². The van der Waals surface area contributed by atoms with Gasteiger partial charge in [-0.05, 0) is 25.0 Å². The van der Waals surface area contributed by atoms with Crippen molar-refractivity contribution in [1.82, 2.24) is 4.90 Å². The predicted octanol–water partition coefficient (Wildman–Crippen LogP) is 3.97. The summed E-state index contributed by atoms with van der Waals surface area (Å²) in [5, 5.41) is 0. The molecule has 0 unspecified atom stereocenters. The third kappa shape index (κ3) is 3.02. The number of benzene rings is 2. The Morgan fingerprint density at radius 1 is 0.789 bits per heavy atom. The number of carbonyl (C=O) groups is 1. The van der Waals surface area contributed by atoms with Gasteiger partial charge in [0, 0.05) is 0 Å². The van der Waals surface area contributed by atoms with Gasteiger partial charge < -0.3 is 4.90 Å². The fourth-order valence-electron chi connectivity index (χ4n) is 2.33. The van der Waals surface area contributed by atoms with Gasteiger partial charge in [-0.1, -0.05) is 60.7 Å². The molecule has 2 atom stereocenters. The smallest absolute Gasteiger partial charge is 0.210 e. The Kier molecular flexibility index (Phi) is 4.35. The molecular formula is C17H19NO. The zero-order valence-corrected chi connectivity index (χ0v) is 11.4. The van der Waals surface area contributed by atoms with Crippen LogP contribution in [0.15, 0.2) is 60.7 Å². The average molecular weight is 253 g/mol. The summed E-state index contributed by atoms with van der Waals surface area (Å²) in [6.07, 6.45) is 0.940. The molecule has 2 aromatic rings. The lowest BCUT2D eigenvalue weighted by Gasteiger charge is -2.31. The van der Waals surface area contributed by atoms with Gasteiger partial charge >= 0.3 is 0 Å². The van der Waals surface area contributed by atoms with Gasteiger partial charge in [0.05, 0.1) is 12.1 Å². The maximum Gasteiger partial charge on any atom is 0.210 e. The van der Waals surface area contributed by atoms with Crippen LogP contribution < -0.4 is 0 Å². The second kappa shape index (κ2) is 6.19. The van der Waals surface area contributed by atoms with Crippen molar-refractivity contribution in [2.75, 3.05) is 0 Å². The zero-order valence-electron chi connectivity index (χ0n) is 11.4. The highest BCUT2D eigenvalue weighted by atomic mass is 16.1. The molecule has 2 rings (SSSR count). The van der Waals surface area contributed by atoms with E-state index in [4.69, 9.17) is 0 Å². The van der Waals surface area contributed by atoms with Gasteiger partial charge in [-0.15, -0.1) is 0 Å². The molecule has 0 radical (unpaired) electrons. The summed E-state index contributed by atoms with van der Waals surface area (Å²) in [5.41, 5.74) is 2.30. The lowest BCUT2D eigenvalue weighted by Crippen LogP contribution is -2.28. The lowest BCUT2D eigenvalue weighted by atomic mass is 10.0. The predicted molar refractivity (Wildman–Crippen MR) is 77.6 cm³/mol. The van der Waals surface area contributed by atoms with E-state index in [-0.39, 0.29) is 12.1 Å². The van der Waals surface area contributed by atoms with Gasteiger partial charge in [0.25, 0.3) is 0 Å². The van der Waals surface area contributed by atoms with Crippen LogP contribution in [-0.4, -0.2) is 11.3 Å². The van der Waals surface area contributed by atoms with E-state index in [0.29, 0.717) is 0 Å². The van der Waals surface area contributed by atoms with Gasteiger partial charge in [-0.3, -0.25) is 4.79 Å². The Hall–Kier alpha value is -2.09. The van der Waals surface area contributed by atoms with Crippen molar-refractivity contribution < 1.29 is 4.79 Å². The summed E-state index contributed by atoms with van der Waals surface area (Å²) in [5.74, 6) is 0. The first kappa shape index (κ1) is 13.3. The minimum absolute atomic E-state index is 0.0638. The second-order valence-electron chi connectivity index (χ2n) is 4.73. The lowest BCUT2D eigenvalue weighted by molar-refractivity contribution is -0.122. The van der Waals surface area contributed by atoms with Crippen LogP contribution in [-0.2, 0) is 4.79 Å². The van der Waals surface area contributed by atoms with E-state index in [1.165, 1.54) is 0 Å². The monoisotopic (exact) mass is 253 g/mol. The van der Waals surface area contributed by atoms with Gasteiger partial charge in [0.1, 0.15) is 0 Å². The molecule has 2 nitrogen and oxygen atoms in total. The van der Waals surface area contributed by atoms with Gasteiger partial charge in [-0.25, -0.2) is 0 Å². The molecule has 2 aromatic carbocycles. The van der Waals surface area contributed by atoms with Crippen LogP contribution in [0.4, 0.5) is 0 Å². The molecule has 1 amide bonds. The molecule has 19 heavy (non-hydrogen) atoms. The molecule has 98 valence electrons. The van der Waals surface area contributed by atoms with Crippen molar-refractivity contribution >= 4 is 6.41 Å². The molecule has 0 aliphatic rings. The van der Waals surface area contributed by atoms with Gasteiger partial charge in [0.2, 0.25) is 6.41 Å². The molecule has 0 aromatic heterocycles. The van der Waals surface area contributed by atoms with E-state index >= 15 is 0 Å². The van der Waals surface area contributed by atoms with Crippen LogP contribution in [0.1, 0.15) is 37.1 Å². The Morgan fingerprint density at radius 3 is 1.47 bits per heavy atom. The highest BCUT2D eigenvalue weighted by molar-refractivity contribution is 5.50. The third-order valence-corrected chi connectivity index (χ3v) is 3.58. The van der Waals surface area contributed by atoms with Gasteiger partial charge in [0.15, 0.2) is 0 Å². The van der Waals surface area contributed by atoms with Crippen LogP contribution in [0.3, 0.4) is 0 Å². The number of amides is 1. The van der Waals surface area contributed by atoms with E-state index < -0.39 is 0 Å². The maximum absolute atomic E-state index is 11.5. The molecular weight excluding hydrogens is 234 g/mol. The standard InChI is InChI=1S/C17H19NO/c1-14(16-9-5-3-6-10-16)18(13-19)15(2)17-11-7-4-8-12-17/h3-15H,1-2H3/t14-,15-/m0/s1. The normalized spacial score (nSPS) is 13.6. The molecule has 0 bridgehead atoms. The number of carbonyl (C=O) groups excluding carboxylic acids is 1. The van der Waals surface area contributed by atoms with Gasteiger partial charge in [-0.2, -0.15) is 0 Å². The minimum atomic E-state index is 0.0638. The molecule has 0 N–H and O–H groups in total.